The molecule has 2 N–H and O–H groups in total. The Labute approximate surface area is 171 Å². The van der Waals surface area contributed by atoms with Crippen LogP contribution in [-0.2, 0) is 13.1 Å². The Morgan fingerprint density at radius 3 is 2.35 bits per heavy atom. The van der Waals surface area contributed by atoms with Crippen LogP contribution in [0.15, 0.2) is 59.6 Å². The number of benzene rings is 2. The molecule has 7 heteroatoms. The van der Waals surface area contributed by atoms with Crippen LogP contribution in [-0.4, -0.2) is 16.9 Å². The second kappa shape index (κ2) is 11.5. The van der Waals surface area contributed by atoms with Crippen LogP contribution in [0.4, 0.5) is 5.69 Å². The Bertz CT molecular complexity index is 705. The van der Waals surface area contributed by atoms with E-state index in [0.717, 1.165) is 23.5 Å². The highest BCUT2D eigenvalue weighted by atomic mass is 127. The third-order valence-corrected chi connectivity index (χ3v) is 3.87. The summed E-state index contributed by atoms with van der Waals surface area (Å²) in [6.07, 6.45) is 0.990. The molecule has 140 valence electrons. The van der Waals surface area contributed by atoms with Gasteiger partial charge >= 0.3 is 0 Å². The van der Waals surface area contributed by atoms with E-state index in [0.29, 0.717) is 19.1 Å². The fourth-order valence-electron chi connectivity index (χ4n) is 2.16. The zero-order valence-electron chi connectivity index (χ0n) is 15.0. The molecule has 1 atom stereocenters. The highest BCUT2D eigenvalue weighted by Crippen LogP contribution is 2.11. The number of nitro benzene ring substituents is 1. The van der Waals surface area contributed by atoms with E-state index < -0.39 is 4.92 Å². The summed E-state index contributed by atoms with van der Waals surface area (Å²) < 4.78 is 0. The molecule has 0 saturated heterocycles. The summed E-state index contributed by atoms with van der Waals surface area (Å²) in [6, 6.07) is 16.9. The molecule has 0 aliphatic heterocycles. The summed E-state index contributed by atoms with van der Waals surface area (Å²) >= 11 is 0. The fraction of sp³-hybridized carbons (Fsp3) is 0.316. The second-order valence-corrected chi connectivity index (χ2v) is 5.88. The van der Waals surface area contributed by atoms with Crippen molar-refractivity contribution in [2.45, 2.75) is 39.4 Å². The molecular weight excluding hydrogens is 443 g/mol. The lowest BCUT2D eigenvalue weighted by Gasteiger charge is -2.17. The maximum absolute atomic E-state index is 10.7. The van der Waals surface area contributed by atoms with Gasteiger partial charge in [0, 0.05) is 24.7 Å². The number of halogens is 1. The van der Waals surface area contributed by atoms with E-state index >= 15 is 0 Å². The van der Waals surface area contributed by atoms with E-state index in [-0.39, 0.29) is 29.7 Å². The van der Waals surface area contributed by atoms with Gasteiger partial charge in [0.1, 0.15) is 0 Å². The monoisotopic (exact) mass is 468 g/mol. The Balaban J connectivity index is 0.00000338. The molecule has 0 aliphatic rings. The molecule has 6 nitrogen and oxygen atoms in total. The van der Waals surface area contributed by atoms with Crippen molar-refractivity contribution < 1.29 is 4.92 Å². The lowest BCUT2D eigenvalue weighted by Crippen LogP contribution is -2.41. The molecule has 0 radical (unpaired) electrons. The van der Waals surface area contributed by atoms with Gasteiger partial charge in [-0.1, -0.05) is 49.4 Å². The smallest absolute Gasteiger partial charge is 0.269 e. The minimum Gasteiger partial charge on any atom is -0.354 e. The first-order chi connectivity index (χ1) is 12.1. The van der Waals surface area contributed by atoms with Gasteiger partial charge in [-0.3, -0.25) is 10.1 Å². The van der Waals surface area contributed by atoms with Gasteiger partial charge in [0.25, 0.3) is 5.69 Å². The number of nitrogens with zero attached hydrogens (tertiary/aromatic N) is 2. The SMILES string of the molecule is CCC(C)NC(=NCc1ccccc1)NCc1ccc([N+](=O)[O-])cc1.I. The molecule has 0 fully saturated rings. The third-order valence-electron chi connectivity index (χ3n) is 3.87. The average Bonchev–Trinajstić information content (AvgIpc) is 2.64. The molecule has 0 bridgehead atoms. The molecule has 2 aromatic carbocycles. The van der Waals surface area contributed by atoms with Crippen LogP contribution < -0.4 is 10.6 Å². The molecule has 0 amide bonds. The molecule has 2 rings (SSSR count). The normalized spacial score (nSPS) is 12.0. The predicted molar refractivity (Wildman–Crippen MR) is 116 cm³/mol. The first-order valence-corrected chi connectivity index (χ1v) is 8.40. The average molecular weight is 468 g/mol. The van der Waals surface area contributed by atoms with Crippen molar-refractivity contribution in [2.75, 3.05) is 0 Å². The summed E-state index contributed by atoms with van der Waals surface area (Å²) in [4.78, 5) is 14.9. The Morgan fingerprint density at radius 2 is 1.77 bits per heavy atom. The van der Waals surface area contributed by atoms with Gasteiger partial charge in [-0.05, 0) is 24.5 Å². The fourth-order valence-corrected chi connectivity index (χ4v) is 2.16. The second-order valence-electron chi connectivity index (χ2n) is 5.88. The van der Waals surface area contributed by atoms with Gasteiger partial charge in [0.05, 0.1) is 11.5 Å². The quantitative estimate of drug-likeness (QED) is 0.210. The van der Waals surface area contributed by atoms with Gasteiger partial charge in [-0.2, -0.15) is 0 Å². The lowest BCUT2D eigenvalue weighted by atomic mass is 10.2. The molecular formula is C19H25IN4O2. The zero-order valence-corrected chi connectivity index (χ0v) is 17.3. The van der Waals surface area contributed by atoms with Gasteiger partial charge in [-0.25, -0.2) is 4.99 Å². The van der Waals surface area contributed by atoms with Crippen LogP contribution >= 0.6 is 24.0 Å². The van der Waals surface area contributed by atoms with Crippen LogP contribution in [0.1, 0.15) is 31.4 Å². The number of aliphatic imine (C=N–C) groups is 1. The maximum Gasteiger partial charge on any atom is 0.269 e. The van der Waals surface area contributed by atoms with Gasteiger partial charge in [-0.15, -0.1) is 24.0 Å². The summed E-state index contributed by atoms with van der Waals surface area (Å²) in [7, 11) is 0. The molecule has 0 aromatic heterocycles. The van der Waals surface area contributed by atoms with Crippen molar-refractivity contribution in [1.82, 2.24) is 10.6 Å². The molecule has 2 aromatic rings. The van der Waals surface area contributed by atoms with Crippen molar-refractivity contribution in [3.8, 4) is 0 Å². The number of non-ortho nitro benzene ring substituents is 1. The minimum atomic E-state index is -0.394. The molecule has 26 heavy (non-hydrogen) atoms. The topological polar surface area (TPSA) is 79.6 Å². The number of nitrogens with one attached hydrogen (secondary N) is 2. The standard InChI is InChI=1S/C19H24N4O2.HI/c1-3-15(2)22-19(20-13-16-7-5-4-6-8-16)21-14-17-9-11-18(12-10-17)23(24)25;/h4-12,15H,3,13-14H2,1-2H3,(H2,20,21,22);1H. The first-order valence-electron chi connectivity index (χ1n) is 8.40. The van der Waals surface area contributed by atoms with E-state index in [1.807, 2.05) is 30.3 Å². The summed E-state index contributed by atoms with van der Waals surface area (Å²) in [5, 5.41) is 17.4. The Kier molecular flexibility index (Phi) is 9.64. The van der Waals surface area contributed by atoms with Crippen molar-refractivity contribution in [2.24, 2.45) is 4.99 Å². The van der Waals surface area contributed by atoms with E-state index in [4.69, 9.17) is 0 Å². The van der Waals surface area contributed by atoms with Crippen LogP contribution in [0.25, 0.3) is 0 Å². The highest BCUT2D eigenvalue weighted by molar-refractivity contribution is 14.0. The summed E-state index contributed by atoms with van der Waals surface area (Å²) in [6.45, 7) is 5.36. The van der Waals surface area contributed by atoms with E-state index in [1.54, 1.807) is 12.1 Å². The summed E-state index contributed by atoms with van der Waals surface area (Å²) in [5.74, 6) is 0.733. The van der Waals surface area contributed by atoms with Crippen LogP contribution in [0.5, 0.6) is 0 Å². The van der Waals surface area contributed by atoms with Crippen LogP contribution in [0.3, 0.4) is 0 Å². The Hall–Kier alpha value is -2.16. The number of nitro groups is 1. The maximum atomic E-state index is 10.7. The molecule has 1 unspecified atom stereocenters. The van der Waals surface area contributed by atoms with Crippen LogP contribution in [0.2, 0.25) is 0 Å². The number of hydrogen-bond acceptors (Lipinski definition) is 3. The predicted octanol–water partition coefficient (Wildman–Crippen LogP) is 4.25. The Morgan fingerprint density at radius 1 is 1.12 bits per heavy atom. The summed E-state index contributed by atoms with van der Waals surface area (Å²) in [5.41, 5.74) is 2.20. The van der Waals surface area contributed by atoms with Gasteiger partial charge in [0.15, 0.2) is 5.96 Å². The van der Waals surface area contributed by atoms with E-state index in [9.17, 15) is 10.1 Å². The molecule has 0 heterocycles. The minimum absolute atomic E-state index is 0. The van der Waals surface area contributed by atoms with Crippen molar-refractivity contribution in [3.05, 3.63) is 75.8 Å². The van der Waals surface area contributed by atoms with Crippen LogP contribution in [0, 0.1) is 10.1 Å². The van der Waals surface area contributed by atoms with E-state index in [2.05, 4.69) is 29.5 Å². The number of guanidine groups is 1. The number of rotatable bonds is 7. The van der Waals surface area contributed by atoms with Crippen molar-refractivity contribution in [1.29, 1.82) is 0 Å². The lowest BCUT2D eigenvalue weighted by molar-refractivity contribution is -0.384. The number of hydrogen-bond donors (Lipinski definition) is 2. The first kappa shape index (κ1) is 21.9. The molecule has 0 aliphatic carbocycles. The molecule has 0 spiro atoms. The van der Waals surface area contributed by atoms with Crippen molar-refractivity contribution in [3.63, 3.8) is 0 Å². The zero-order chi connectivity index (χ0) is 18.1. The van der Waals surface area contributed by atoms with Crippen molar-refractivity contribution >= 4 is 35.6 Å². The largest absolute Gasteiger partial charge is 0.354 e. The van der Waals surface area contributed by atoms with Gasteiger partial charge in [0.2, 0.25) is 0 Å². The molecule has 0 saturated carbocycles. The van der Waals surface area contributed by atoms with E-state index in [1.165, 1.54) is 12.1 Å². The van der Waals surface area contributed by atoms with Gasteiger partial charge < -0.3 is 10.6 Å². The third kappa shape index (κ3) is 7.38. The highest BCUT2D eigenvalue weighted by Gasteiger charge is 2.06.